The minimum atomic E-state index is 1.21. The average Bonchev–Trinajstić information content (AvgIpc) is 2.77. The van der Waals surface area contributed by atoms with Crippen LogP contribution in [-0.2, 0) is 0 Å². The predicted octanol–water partition coefficient (Wildman–Crippen LogP) is 7.83. The zero-order valence-electron chi connectivity index (χ0n) is 15.5. The first-order chi connectivity index (χ1) is 13.9. The van der Waals surface area contributed by atoms with E-state index in [1.54, 1.807) is 0 Å². The van der Waals surface area contributed by atoms with Crippen molar-refractivity contribution >= 4 is 33.7 Å². The molecular formula is C28H20. The Morgan fingerprint density at radius 3 is 1.93 bits per heavy atom. The summed E-state index contributed by atoms with van der Waals surface area (Å²) < 4.78 is 0. The fraction of sp³-hybridized carbons (Fsp3) is 0. The lowest BCUT2D eigenvalue weighted by molar-refractivity contribution is 1.62. The van der Waals surface area contributed by atoms with Crippen LogP contribution in [0.25, 0.3) is 44.8 Å². The Kier molecular flexibility index (Phi) is 4.23. The maximum atomic E-state index is 2.32. The molecule has 0 aliphatic carbocycles. The van der Waals surface area contributed by atoms with Crippen molar-refractivity contribution in [3.63, 3.8) is 0 Å². The molecule has 0 nitrogen and oxygen atoms in total. The Labute approximate surface area is 165 Å². The predicted molar refractivity (Wildman–Crippen MR) is 122 cm³/mol. The summed E-state index contributed by atoms with van der Waals surface area (Å²) in [4.78, 5) is 0. The van der Waals surface area contributed by atoms with Gasteiger partial charge < -0.3 is 0 Å². The van der Waals surface area contributed by atoms with E-state index in [1.807, 2.05) is 6.07 Å². The van der Waals surface area contributed by atoms with Gasteiger partial charge >= 0.3 is 0 Å². The van der Waals surface area contributed by atoms with Crippen LogP contribution >= 0.6 is 0 Å². The summed E-state index contributed by atoms with van der Waals surface area (Å²) in [6, 6.07) is 38.8. The van der Waals surface area contributed by atoms with E-state index in [2.05, 4.69) is 115 Å². The molecule has 0 saturated heterocycles. The van der Waals surface area contributed by atoms with Gasteiger partial charge in [-0.3, -0.25) is 0 Å². The highest BCUT2D eigenvalue weighted by atomic mass is 14.1. The van der Waals surface area contributed by atoms with E-state index in [0.29, 0.717) is 0 Å². The van der Waals surface area contributed by atoms with Gasteiger partial charge in [0, 0.05) is 0 Å². The average molecular weight is 356 g/mol. The molecule has 0 aliphatic rings. The van der Waals surface area contributed by atoms with Crippen LogP contribution in [0.2, 0.25) is 0 Å². The van der Waals surface area contributed by atoms with Crippen molar-refractivity contribution in [3.05, 3.63) is 120 Å². The molecule has 0 radical (unpaired) electrons. The fourth-order valence-corrected chi connectivity index (χ4v) is 3.84. The zero-order valence-corrected chi connectivity index (χ0v) is 15.5. The van der Waals surface area contributed by atoms with E-state index >= 15 is 0 Å². The topological polar surface area (TPSA) is 0 Å². The fourth-order valence-electron chi connectivity index (χ4n) is 3.84. The number of benzene rings is 5. The molecule has 28 heavy (non-hydrogen) atoms. The van der Waals surface area contributed by atoms with Crippen LogP contribution in [-0.4, -0.2) is 0 Å². The standard InChI is InChI=1S/C28H20/c1-2-9-21(10-3-1)17-18-22-11-6-7-15-26(22)27-16-8-14-25-19-23-12-4-5-13-24(23)20-28(25)27/h1-20H. The molecule has 0 aromatic heterocycles. The lowest BCUT2D eigenvalue weighted by Gasteiger charge is -2.11. The molecule has 5 aromatic carbocycles. The lowest BCUT2D eigenvalue weighted by Crippen LogP contribution is -1.86. The molecule has 0 bridgehead atoms. The molecule has 0 atom stereocenters. The Balaban J connectivity index is 1.68. The molecule has 0 fully saturated rings. The maximum Gasteiger partial charge on any atom is -0.00988 e. The number of hydrogen-bond acceptors (Lipinski definition) is 0. The van der Waals surface area contributed by atoms with Crippen molar-refractivity contribution < 1.29 is 0 Å². The minimum Gasteiger partial charge on any atom is -0.0622 e. The molecule has 0 N–H and O–H groups in total. The van der Waals surface area contributed by atoms with Crippen LogP contribution in [0, 0.1) is 0 Å². The van der Waals surface area contributed by atoms with Gasteiger partial charge in [0.05, 0.1) is 0 Å². The first kappa shape index (κ1) is 16.5. The van der Waals surface area contributed by atoms with Gasteiger partial charge in [-0.1, -0.05) is 109 Å². The highest BCUT2D eigenvalue weighted by Crippen LogP contribution is 2.34. The third-order valence-corrected chi connectivity index (χ3v) is 5.25. The van der Waals surface area contributed by atoms with Crippen LogP contribution in [0.4, 0.5) is 0 Å². The summed E-state index contributed by atoms with van der Waals surface area (Å²) in [6.07, 6.45) is 4.39. The van der Waals surface area contributed by atoms with Crippen LogP contribution in [0.5, 0.6) is 0 Å². The van der Waals surface area contributed by atoms with E-state index in [1.165, 1.54) is 43.8 Å². The number of rotatable bonds is 3. The second kappa shape index (κ2) is 7.17. The smallest absolute Gasteiger partial charge is 0.00988 e. The maximum absolute atomic E-state index is 2.32. The highest BCUT2D eigenvalue weighted by Gasteiger charge is 2.08. The van der Waals surface area contributed by atoms with Crippen molar-refractivity contribution in [2.75, 3.05) is 0 Å². The van der Waals surface area contributed by atoms with Gasteiger partial charge in [-0.2, -0.15) is 0 Å². The Morgan fingerprint density at radius 2 is 1.07 bits per heavy atom. The molecule has 0 heterocycles. The largest absolute Gasteiger partial charge is 0.0622 e. The Bertz CT molecular complexity index is 1290. The second-order valence-electron chi connectivity index (χ2n) is 7.06. The van der Waals surface area contributed by atoms with E-state index in [4.69, 9.17) is 0 Å². The summed E-state index contributed by atoms with van der Waals surface area (Å²) in [5.41, 5.74) is 4.97. The first-order valence-electron chi connectivity index (χ1n) is 9.62. The Morgan fingerprint density at radius 1 is 0.429 bits per heavy atom. The zero-order chi connectivity index (χ0) is 18.8. The summed E-state index contributed by atoms with van der Waals surface area (Å²) in [6.45, 7) is 0. The molecule has 0 heteroatoms. The summed E-state index contributed by atoms with van der Waals surface area (Å²) in [7, 11) is 0. The van der Waals surface area contributed by atoms with Gasteiger partial charge in [-0.25, -0.2) is 0 Å². The third-order valence-electron chi connectivity index (χ3n) is 5.25. The summed E-state index contributed by atoms with van der Waals surface area (Å²) in [5.74, 6) is 0. The molecule has 132 valence electrons. The Hall–Kier alpha value is -3.64. The van der Waals surface area contributed by atoms with Gasteiger partial charge in [-0.15, -0.1) is 0 Å². The van der Waals surface area contributed by atoms with Gasteiger partial charge in [0.2, 0.25) is 0 Å². The molecule has 0 amide bonds. The summed E-state index contributed by atoms with van der Waals surface area (Å²) >= 11 is 0. The van der Waals surface area contributed by atoms with E-state index < -0.39 is 0 Å². The molecular weight excluding hydrogens is 336 g/mol. The van der Waals surface area contributed by atoms with Crippen LogP contribution < -0.4 is 0 Å². The van der Waals surface area contributed by atoms with Gasteiger partial charge in [0.1, 0.15) is 0 Å². The van der Waals surface area contributed by atoms with Crippen LogP contribution in [0.15, 0.2) is 109 Å². The van der Waals surface area contributed by atoms with E-state index in [9.17, 15) is 0 Å². The third kappa shape index (κ3) is 3.10. The SMILES string of the molecule is C(=Cc1ccccc1-c1cccc2cc3ccccc3cc12)c1ccccc1. The second-order valence-corrected chi connectivity index (χ2v) is 7.06. The molecule has 0 aliphatic heterocycles. The normalized spacial score (nSPS) is 11.4. The molecule has 0 unspecified atom stereocenters. The van der Waals surface area contributed by atoms with Crippen molar-refractivity contribution in [3.8, 4) is 11.1 Å². The van der Waals surface area contributed by atoms with Crippen molar-refractivity contribution in [2.24, 2.45) is 0 Å². The lowest BCUT2D eigenvalue weighted by atomic mass is 9.92. The van der Waals surface area contributed by atoms with E-state index in [0.717, 1.165) is 0 Å². The van der Waals surface area contributed by atoms with E-state index in [-0.39, 0.29) is 0 Å². The molecule has 5 rings (SSSR count). The number of hydrogen-bond donors (Lipinski definition) is 0. The summed E-state index contributed by atoms with van der Waals surface area (Å²) in [5, 5.41) is 5.13. The molecule has 5 aromatic rings. The van der Waals surface area contributed by atoms with Gasteiger partial charge in [0.25, 0.3) is 0 Å². The van der Waals surface area contributed by atoms with Gasteiger partial charge in [-0.05, 0) is 55.9 Å². The molecule has 0 spiro atoms. The van der Waals surface area contributed by atoms with Crippen LogP contribution in [0.3, 0.4) is 0 Å². The van der Waals surface area contributed by atoms with Crippen LogP contribution in [0.1, 0.15) is 11.1 Å². The highest BCUT2D eigenvalue weighted by molar-refractivity contribution is 6.06. The minimum absolute atomic E-state index is 1.21. The van der Waals surface area contributed by atoms with Gasteiger partial charge in [0.15, 0.2) is 0 Å². The monoisotopic (exact) mass is 356 g/mol. The van der Waals surface area contributed by atoms with Crippen molar-refractivity contribution in [1.29, 1.82) is 0 Å². The van der Waals surface area contributed by atoms with Crippen molar-refractivity contribution in [1.82, 2.24) is 0 Å². The quantitative estimate of drug-likeness (QED) is 0.228. The van der Waals surface area contributed by atoms with Crippen molar-refractivity contribution in [2.45, 2.75) is 0 Å². The molecule has 0 saturated carbocycles. The first-order valence-corrected chi connectivity index (χ1v) is 9.62. The number of fused-ring (bicyclic) bond motifs is 2.